The Hall–Kier alpha value is -2.34. The highest BCUT2D eigenvalue weighted by atomic mass is 35.5. The molecule has 1 atom stereocenters. The summed E-state index contributed by atoms with van der Waals surface area (Å²) in [4.78, 5) is 23.8. The van der Waals surface area contributed by atoms with E-state index in [0.717, 1.165) is 5.56 Å². The molecule has 2 aromatic rings. The summed E-state index contributed by atoms with van der Waals surface area (Å²) >= 11 is 5.89. The minimum Gasteiger partial charge on any atom is -0.469 e. The van der Waals surface area contributed by atoms with Crippen molar-refractivity contribution >= 4 is 23.5 Å². The zero-order chi connectivity index (χ0) is 17.4. The van der Waals surface area contributed by atoms with Crippen LogP contribution in [-0.2, 0) is 20.9 Å². The van der Waals surface area contributed by atoms with Crippen molar-refractivity contribution in [2.75, 3.05) is 7.11 Å². The predicted molar refractivity (Wildman–Crippen MR) is 90.4 cm³/mol. The highest BCUT2D eigenvalue weighted by Gasteiger charge is 2.18. The molecule has 0 saturated carbocycles. The van der Waals surface area contributed by atoms with Gasteiger partial charge in [-0.3, -0.25) is 14.3 Å². The van der Waals surface area contributed by atoms with Gasteiger partial charge in [0.1, 0.15) is 0 Å². The predicted octanol–water partition coefficient (Wildman–Crippen LogP) is 2.74. The summed E-state index contributed by atoms with van der Waals surface area (Å²) in [6.07, 6.45) is 4.64. The number of carbonyl (C=O) groups excluding carboxylic acids is 2. The molecule has 0 bridgehead atoms. The number of benzene rings is 1. The summed E-state index contributed by atoms with van der Waals surface area (Å²) in [7, 11) is 1.33. The molecule has 2 rings (SSSR count). The summed E-state index contributed by atoms with van der Waals surface area (Å²) in [5.74, 6) is -0.502. The first kappa shape index (κ1) is 18.0. The van der Waals surface area contributed by atoms with Crippen molar-refractivity contribution in [1.29, 1.82) is 0 Å². The van der Waals surface area contributed by atoms with Gasteiger partial charge in [0.2, 0.25) is 5.91 Å². The Morgan fingerprint density at radius 3 is 2.71 bits per heavy atom. The number of halogens is 1. The number of aryl methyl sites for hydroxylation is 1. The van der Waals surface area contributed by atoms with Gasteiger partial charge in [0.05, 0.1) is 19.6 Å². The molecule has 0 fully saturated rings. The number of nitrogens with zero attached hydrogens (tertiary/aromatic N) is 2. The van der Waals surface area contributed by atoms with Gasteiger partial charge in [0, 0.05) is 30.4 Å². The van der Waals surface area contributed by atoms with Gasteiger partial charge in [-0.15, -0.1) is 0 Å². The number of methoxy groups -OCH3 is 1. The summed E-state index contributed by atoms with van der Waals surface area (Å²) in [6, 6.07) is 8.44. The van der Waals surface area contributed by atoms with Crippen molar-refractivity contribution in [3.8, 4) is 0 Å². The van der Waals surface area contributed by atoms with Gasteiger partial charge in [-0.05, 0) is 30.2 Å². The van der Waals surface area contributed by atoms with E-state index in [9.17, 15) is 9.59 Å². The molecule has 6 nitrogen and oxygen atoms in total. The minimum absolute atomic E-state index is 0.0724. The van der Waals surface area contributed by atoms with Crippen LogP contribution in [0.5, 0.6) is 0 Å². The Morgan fingerprint density at radius 1 is 1.33 bits per heavy atom. The smallest absolute Gasteiger partial charge is 0.307 e. The molecule has 1 aromatic carbocycles. The normalized spacial score (nSPS) is 11.8. The van der Waals surface area contributed by atoms with E-state index in [1.54, 1.807) is 35.1 Å². The molecule has 1 N–H and O–H groups in total. The van der Waals surface area contributed by atoms with Crippen LogP contribution in [0.25, 0.3) is 0 Å². The molecule has 0 saturated heterocycles. The van der Waals surface area contributed by atoms with Crippen LogP contribution in [0.1, 0.15) is 30.9 Å². The van der Waals surface area contributed by atoms with Crippen LogP contribution in [0.3, 0.4) is 0 Å². The molecule has 1 heterocycles. The Labute approximate surface area is 145 Å². The highest BCUT2D eigenvalue weighted by molar-refractivity contribution is 6.30. The van der Waals surface area contributed by atoms with E-state index in [4.69, 9.17) is 16.3 Å². The van der Waals surface area contributed by atoms with Gasteiger partial charge in [-0.25, -0.2) is 0 Å². The Morgan fingerprint density at radius 2 is 2.08 bits per heavy atom. The van der Waals surface area contributed by atoms with Crippen LogP contribution in [-0.4, -0.2) is 28.8 Å². The average molecular weight is 350 g/mol. The fourth-order valence-corrected chi connectivity index (χ4v) is 2.42. The maximum atomic E-state index is 12.2. The highest BCUT2D eigenvalue weighted by Crippen LogP contribution is 2.20. The molecule has 0 aliphatic carbocycles. The third-order valence-electron chi connectivity index (χ3n) is 3.56. The standard InChI is InChI=1S/C17H20ClN3O3/c1-24-17(23)12-15(13-5-7-14(18)8-6-13)20-16(22)4-2-10-21-11-3-9-19-21/h3,5-9,11,15H,2,4,10,12H2,1H3,(H,20,22)/t15-/m0/s1. The van der Waals surface area contributed by atoms with E-state index in [1.807, 2.05) is 12.3 Å². The number of esters is 1. The summed E-state index contributed by atoms with van der Waals surface area (Å²) in [5.41, 5.74) is 0.810. The minimum atomic E-state index is -0.438. The van der Waals surface area contributed by atoms with E-state index in [1.165, 1.54) is 7.11 Å². The van der Waals surface area contributed by atoms with Crippen molar-refractivity contribution in [3.63, 3.8) is 0 Å². The first-order valence-corrected chi connectivity index (χ1v) is 8.05. The number of rotatable bonds is 8. The third kappa shape index (κ3) is 5.70. The number of nitrogens with one attached hydrogen (secondary N) is 1. The van der Waals surface area contributed by atoms with E-state index in [0.29, 0.717) is 24.4 Å². The van der Waals surface area contributed by atoms with E-state index >= 15 is 0 Å². The molecule has 0 aliphatic rings. The lowest BCUT2D eigenvalue weighted by Gasteiger charge is -2.18. The van der Waals surface area contributed by atoms with Crippen molar-refractivity contribution < 1.29 is 14.3 Å². The fourth-order valence-electron chi connectivity index (χ4n) is 2.30. The van der Waals surface area contributed by atoms with Crippen molar-refractivity contribution in [1.82, 2.24) is 15.1 Å². The number of hydrogen-bond donors (Lipinski definition) is 1. The zero-order valence-corrected chi connectivity index (χ0v) is 14.2. The first-order valence-electron chi connectivity index (χ1n) is 7.67. The summed E-state index contributed by atoms with van der Waals surface area (Å²) in [6.45, 7) is 0.670. The summed E-state index contributed by atoms with van der Waals surface area (Å²) in [5, 5.41) is 7.58. The number of aromatic nitrogens is 2. The molecule has 0 spiro atoms. The molecule has 0 radical (unpaired) electrons. The van der Waals surface area contributed by atoms with Gasteiger partial charge in [0.25, 0.3) is 0 Å². The largest absolute Gasteiger partial charge is 0.469 e. The molecule has 0 aliphatic heterocycles. The molecular formula is C17H20ClN3O3. The number of hydrogen-bond acceptors (Lipinski definition) is 4. The van der Waals surface area contributed by atoms with Crippen molar-refractivity contribution in [3.05, 3.63) is 53.3 Å². The molecular weight excluding hydrogens is 330 g/mol. The van der Waals surface area contributed by atoms with Crippen molar-refractivity contribution in [2.24, 2.45) is 0 Å². The lowest BCUT2D eigenvalue weighted by Crippen LogP contribution is -2.30. The Bertz CT molecular complexity index is 656. The number of ether oxygens (including phenoxy) is 1. The third-order valence-corrected chi connectivity index (χ3v) is 3.81. The quantitative estimate of drug-likeness (QED) is 0.744. The Kier molecular flexibility index (Phi) is 6.81. The van der Waals surface area contributed by atoms with Crippen LogP contribution in [0.15, 0.2) is 42.7 Å². The monoisotopic (exact) mass is 349 g/mol. The molecule has 1 amide bonds. The SMILES string of the molecule is COC(=O)C[C@H](NC(=O)CCCn1cccn1)c1ccc(Cl)cc1. The fraction of sp³-hybridized carbons (Fsp3) is 0.353. The van der Waals surface area contributed by atoms with Crippen LogP contribution in [0.4, 0.5) is 0 Å². The lowest BCUT2D eigenvalue weighted by atomic mass is 10.0. The second kappa shape index (κ2) is 9.08. The second-order valence-corrected chi connectivity index (χ2v) is 5.76. The van der Waals surface area contributed by atoms with Gasteiger partial charge >= 0.3 is 5.97 Å². The first-order chi connectivity index (χ1) is 11.6. The second-order valence-electron chi connectivity index (χ2n) is 5.32. The van der Waals surface area contributed by atoms with Crippen LogP contribution >= 0.6 is 11.6 Å². The summed E-state index contributed by atoms with van der Waals surface area (Å²) < 4.78 is 6.49. The van der Waals surface area contributed by atoms with E-state index < -0.39 is 6.04 Å². The number of amides is 1. The molecule has 7 heteroatoms. The lowest BCUT2D eigenvalue weighted by molar-refractivity contribution is -0.141. The van der Waals surface area contributed by atoms with E-state index in [-0.39, 0.29) is 18.3 Å². The maximum absolute atomic E-state index is 12.2. The average Bonchev–Trinajstić information content (AvgIpc) is 3.08. The van der Waals surface area contributed by atoms with Crippen LogP contribution in [0, 0.1) is 0 Å². The molecule has 24 heavy (non-hydrogen) atoms. The topological polar surface area (TPSA) is 73.2 Å². The van der Waals surface area contributed by atoms with Gasteiger partial charge in [-0.2, -0.15) is 5.10 Å². The maximum Gasteiger partial charge on any atom is 0.307 e. The van der Waals surface area contributed by atoms with Crippen molar-refractivity contribution in [2.45, 2.75) is 31.8 Å². The molecule has 1 aromatic heterocycles. The Balaban J connectivity index is 1.92. The zero-order valence-electron chi connectivity index (χ0n) is 13.4. The van der Waals surface area contributed by atoms with Gasteiger partial charge in [0.15, 0.2) is 0 Å². The van der Waals surface area contributed by atoms with Crippen LogP contribution in [0.2, 0.25) is 5.02 Å². The van der Waals surface area contributed by atoms with Gasteiger partial charge in [-0.1, -0.05) is 23.7 Å². The van der Waals surface area contributed by atoms with E-state index in [2.05, 4.69) is 10.4 Å². The number of carbonyl (C=O) groups is 2. The molecule has 128 valence electrons. The van der Waals surface area contributed by atoms with Gasteiger partial charge < -0.3 is 10.1 Å². The van der Waals surface area contributed by atoms with Crippen LogP contribution < -0.4 is 5.32 Å². The molecule has 0 unspecified atom stereocenters.